The van der Waals surface area contributed by atoms with Crippen LogP contribution < -0.4 is 9.64 Å². The third kappa shape index (κ3) is 4.74. The molecule has 3 rings (SSSR count). The van der Waals surface area contributed by atoms with Crippen molar-refractivity contribution in [1.82, 2.24) is 4.31 Å². The molecule has 2 amide bonds. The summed E-state index contributed by atoms with van der Waals surface area (Å²) in [6, 6.07) is 7.51. The molecule has 1 heterocycles. The maximum Gasteiger partial charge on any atom is 0.252 e. The van der Waals surface area contributed by atoms with Crippen LogP contribution in [0.1, 0.15) is 62.8 Å². The fourth-order valence-corrected chi connectivity index (χ4v) is 7.24. The van der Waals surface area contributed by atoms with Crippen molar-refractivity contribution in [3.63, 3.8) is 0 Å². The summed E-state index contributed by atoms with van der Waals surface area (Å²) in [5.74, 6) is -0.335. The molecule has 0 saturated carbocycles. The zero-order chi connectivity index (χ0) is 26.3. The molecule has 2 aromatic rings. The molecule has 1 aliphatic heterocycles. The van der Waals surface area contributed by atoms with E-state index in [9.17, 15) is 18.0 Å². The van der Waals surface area contributed by atoms with Crippen molar-refractivity contribution >= 4 is 27.5 Å². The van der Waals surface area contributed by atoms with Crippen molar-refractivity contribution < 1.29 is 22.7 Å². The van der Waals surface area contributed by atoms with E-state index in [2.05, 4.69) is 0 Å². The van der Waals surface area contributed by atoms with Crippen LogP contribution in [0.2, 0.25) is 0 Å². The second-order valence-corrected chi connectivity index (χ2v) is 11.5. The van der Waals surface area contributed by atoms with Gasteiger partial charge in [0.25, 0.3) is 5.91 Å². The molecule has 1 atom stereocenters. The van der Waals surface area contributed by atoms with Crippen LogP contribution in [-0.2, 0) is 19.6 Å². The quantitative estimate of drug-likeness (QED) is 0.485. The summed E-state index contributed by atoms with van der Waals surface area (Å²) in [5, 5.41) is 0. The number of imide groups is 1. The average Bonchev–Trinajstić information content (AvgIpc) is 3.06. The predicted molar refractivity (Wildman–Crippen MR) is 137 cm³/mol. The van der Waals surface area contributed by atoms with Gasteiger partial charge in [0, 0.05) is 5.54 Å². The lowest BCUT2D eigenvalue weighted by Gasteiger charge is -2.40. The molecule has 2 aromatic carbocycles. The van der Waals surface area contributed by atoms with Gasteiger partial charge in [0.05, 0.1) is 23.6 Å². The van der Waals surface area contributed by atoms with Crippen LogP contribution in [0.5, 0.6) is 5.75 Å². The van der Waals surface area contributed by atoms with E-state index in [0.29, 0.717) is 35.6 Å². The third-order valence-corrected chi connectivity index (χ3v) is 9.48. The molecule has 0 aromatic heterocycles. The second-order valence-electron chi connectivity index (χ2n) is 9.77. The van der Waals surface area contributed by atoms with Gasteiger partial charge in [-0.2, -0.15) is 4.31 Å². The summed E-state index contributed by atoms with van der Waals surface area (Å²) in [7, 11) is -4.12. The zero-order valence-corrected chi connectivity index (χ0v) is 22.7. The predicted octanol–water partition coefficient (Wildman–Crippen LogP) is 4.83. The number of benzene rings is 2. The molecular formula is C27H36N2O5S. The third-order valence-electron chi connectivity index (χ3n) is 7.09. The number of anilines is 1. The maximum atomic E-state index is 14.3. The van der Waals surface area contributed by atoms with Crippen LogP contribution in [0.3, 0.4) is 0 Å². The van der Waals surface area contributed by atoms with Crippen LogP contribution in [0.25, 0.3) is 0 Å². The molecule has 1 saturated heterocycles. The Morgan fingerprint density at radius 2 is 1.54 bits per heavy atom. The van der Waals surface area contributed by atoms with Crippen molar-refractivity contribution in [3.05, 3.63) is 52.6 Å². The molecule has 0 spiro atoms. The van der Waals surface area contributed by atoms with E-state index < -0.39 is 33.4 Å². The van der Waals surface area contributed by atoms with Crippen LogP contribution in [0.15, 0.2) is 35.2 Å². The summed E-state index contributed by atoms with van der Waals surface area (Å²) < 4.78 is 35.4. The lowest BCUT2D eigenvalue weighted by Crippen LogP contribution is -2.55. The van der Waals surface area contributed by atoms with E-state index in [0.717, 1.165) is 16.0 Å². The van der Waals surface area contributed by atoms with Crippen LogP contribution in [0, 0.1) is 27.7 Å². The molecule has 0 radical (unpaired) electrons. The number of carbonyl (C=O) groups excluding carboxylic acids is 2. The second kappa shape index (κ2) is 9.74. The molecular weight excluding hydrogens is 464 g/mol. The van der Waals surface area contributed by atoms with Gasteiger partial charge in [-0.05, 0) is 101 Å². The minimum atomic E-state index is -4.12. The summed E-state index contributed by atoms with van der Waals surface area (Å²) >= 11 is 0. The largest absolute Gasteiger partial charge is 0.494 e. The molecule has 0 aliphatic carbocycles. The highest BCUT2D eigenvalue weighted by Gasteiger charge is 2.52. The first-order chi connectivity index (χ1) is 16.3. The van der Waals surface area contributed by atoms with E-state index in [1.165, 1.54) is 4.31 Å². The number of aryl methyl sites for hydroxylation is 2. The highest BCUT2D eigenvalue weighted by molar-refractivity contribution is 7.89. The van der Waals surface area contributed by atoms with E-state index in [-0.39, 0.29) is 11.3 Å². The van der Waals surface area contributed by atoms with Crippen LogP contribution in [-0.4, -0.2) is 42.7 Å². The SMILES string of the molecule is CCOc1ccc(N2C(=O)CC(N(C(C)(C)CC)S(=O)(=O)c3c(C)c(C)cc(C)c3C)C2=O)cc1. The van der Waals surface area contributed by atoms with Gasteiger partial charge in [0.2, 0.25) is 15.9 Å². The lowest BCUT2D eigenvalue weighted by atomic mass is 10.00. The number of nitrogens with zero attached hydrogens (tertiary/aromatic N) is 2. The van der Waals surface area contributed by atoms with Crippen LogP contribution >= 0.6 is 0 Å². The van der Waals surface area contributed by atoms with Crippen molar-refractivity contribution in [2.45, 2.75) is 84.7 Å². The molecule has 1 aliphatic rings. The summed E-state index contributed by atoms with van der Waals surface area (Å²) in [6.45, 7) is 15.2. The first-order valence-electron chi connectivity index (χ1n) is 12.0. The van der Waals surface area contributed by atoms with Gasteiger partial charge >= 0.3 is 0 Å². The summed E-state index contributed by atoms with van der Waals surface area (Å²) in [5.41, 5.74) is 2.55. The highest BCUT2D eigenvalue weighted by atomic mass is 32.2. The molecule has 8 heteroatoms. The number of amides is 2. The highest BCUT2D eigenvalue weighted by Crippen LogP contribution is 2.38. The topological polar surface area (TPSA) is 84.0 Å². The first kappa shape index (κ1) is 26.9. The maximum absolute atomic E-state index is 14.3. The number of hydrogen-bond acceptors (Lipinski definition) is 5. The minimum Gasteiger partial charge on any atom is -0.494 e. The summed E-state index contributed by atoms with van der Waals surface area (Å²) in [4.78, 5) is 28.1. The van der Waals surface area contributed by atoms with Gasteiger partial charge in [0.15, 0.2) is 0 Å². The zero-order valence-electron chi connectivity index (χ0n) is 21.9. The molecule has 7 nitrogen and oxygen atoms in total. The smallest absolute Gasteiger partial charge is 0.252 e. The van der Waals surface area contributed by atoms with Gasteiger partial charge in [-0.1, -0.05) is 13.0 Å². The normalized spacial score (nSPS) is 16.9. The Labute approximate surface area is 209 Å². The number of sulfonamides is 1. The molecule has 35 heavy (non-hydrogen) atoms. The standard InChI is InChI=1S/C27H36N2O5S/c1-9-27(7,8)29(35(32,33)25-19(5)17(3)15-18(4)20(25)6)23-16-24(30)28(26(23)31)21-11-13-22(14-12-21)34-10-2/h11-15,23H,9-10,16H2,1-8H3. The van der Waals surface area contributed by atoms with Crippen molar-refractivity contribution in [2.75, 3.05) is 11.5 Å². The van der Waals surface area contributed by atoms with Crippen molar-refractivity contribution in [2.24, 2.45) is 0 Å². The van der Waals surface area contributed by atoms with Gasteiger partial charge < -0.3 is 4.74 Å². The number of rotatable bonds is 8. The number of ether oxygens (including phenoxy) is 1. The fraction of sp³-hybridized carbons (Fsp3) is 0.481. The molecule has 0 N–H and O–H groups in total. The monoisotopic (exact) mass is 500 g/mol. The van der Waals surface area contributed by atoms with E-state index in [1.54, 1.807) is 52.0 Å². The van der Waals surface area contributed by atoms with Crippen molar-refractivity contribution in [1.29, 1.82) is 0 Å². The number of carbonyl (C=O) groups is 2. The molecule has 0 bridgehead atoms. The van der Waals surface area contributed by atoms with E-state index >= 15 is 0 Å². The number of hydrogen-bond donors (Lipinski definition) is 0. The van der Waals surface area contributed by atoms with Gasteiger partial charge in [0.1, 0.15) is 11.8 Å². The van der Waals surface area contributed by atoms with Crippen LogP contribution in [0.4, 0.5) is 5.69 Å². The van der Waals surface area contributed by atoms with Gasteiger partial charge in [-0.15, -0.1) is 0 Å². The van der Waals surface area contributed by atoms with Gasteiger partial charge in [-0.25, -0.2) is 13.3 Å². The van der Waals surface area contributed by atoms with E-state index in [1.807, 2.05) is 33.8 Å². The molecule has 1 unspecified atom stereocenters. The Hall–Kier alpha value is -2.71. The Balaban J connectivity index is 2.13. The first-order valence-corrected chi connectivity index (χ1v) is 13.4. The Kier molecular flexibility index (Phi) is 7.48. The van der Waals surface area contributed by atoms with Gasteiger partial charge in [-0.3, -0.25) is 9.59 Å². The summed E-state index contributed by atoms with van der Waals surface area (Å²) in [6.07, 6.45) is 0.258. The lowest BCUT2D eigenvalue weighted by molar-refractivity contribution is -0.122. The minimum absolute atomic E-state index is 0.211. The Morgan fingerprint density at radius 3 is 2.03 bits per heavy atom. The van der Waals surface area contributed by atoms with Crippen molar-refractivity contribution in [3.8, 4) is 5.75 Å². The molecule has 1 fully saturated rings. The Bertz CT molecular complexity index is 1220. The molecule has 190 valence electrons. The average molecular weight is 501 g/mol. The Morgan fingerprint density at radius 1 is 1.00 bits per heavy atom. The van der Waals surface area contributed by atoms with E-state index in [4.69, 9.17) is 4.74 Å². The fourth-order valence-electron chi connectivity index (χ4n) is 4.66.